The molecule has 1 amide bonds. The number of nitrogens with one attached hydrogen (secondary N) is 1. The summed E-state index contributed by atoms with van der Waals surface area (Å²) in [5.74, 6) is 1.12. The van der Waals surface area contributed by atoms with Crippen LogP contribution in [0.1, 0.15) is 56.1 Å². The highest BCUT2D eigenvalue weighted by Gasteiger charge is 2.21. The van der Waals surface area contributed by atoms with Crippen LogP contribution < -0.4 is 5.32 Å². The maximum Gasteiger partial charge on any atom is 0.221 e. The molecule has 1 aliphatic heterocycles. The maximum atomic E-state index is 11.3. The van der Waals surface area contributed by atoms with Crippen molar-refractivity contribution in [3.8, 4) is 0 Å². The number of carbonyl (C=O) groups excluding carboxylic acids is 1. The molecule has 0 aliphatic carbocycles. The van der Waals surface area contributed by atoms with Gasteiger partial charge in [0.15, 0.2) is 0 Å². The van der Waals surface area contributed by atoms with Gasteiger partial charge in [-0.05, 0) is 86.1 Å². The summed E-state index contributed by atoms with van der Waals surface area (Å²) in [5.41, 5.74) is 3.61. The second-order valence-electron chi connectivity index (χ2n) is 7.66. The number of piperidine rings is 1. The van der Waals surface area contributed by atoms with Crippen LogP contribution in [0.15, 0.2) is 48.5 Å². The minimum Gasteiger partial charge on any atom is -0.326 e. The Kier molecular flexibility index (Phi) is 6.92. The lowest BCUT2D eigenvalue weighted by atomic mass is 9.88. The molecule has 3 rings (SSSR count). The summed E-state index contributed by atoms with van der Waals surface area (Å²) < 4.78 is 0. The number of nitrogens with zero attached hydrogens (tertiary/aromatic N) is 1. The molecule has 2 aromatic rings. The number of carbonyl (C=O) groups is 1. The molecular formula is C23H29ClN2O. The molecule has 1 fully saturated rings. The van der Waals surface area contributed by atoms with E-state index in [4.69, 9.17) is 11.6 Å². The van der Waals surface area contributed by atoms with Gasteiger partial charge in [-0.3, -0.25) is 4.79 Å². The van der Waals surface area contributed by atoms with Crippen molar-refractivity contribution in [2.45, 2.75) is 44.9 Å². The van der Waals surface area contributed by atoms with Crippen LogP contribution in [0.4, 0.5) is 5.69 Å². The van der Waals surface area contributed by atoms with Crippen molar-refractivity contribution in [3.63, 3.8) is 0 Å². The Balaban J connectivity index is 1.47. The highest BCUT2D eigenvalue weighted by Crippen LogP contribution is 2.30. The first kappa shape index (κ1) is 19.9. The second-order valence-corrected chi connectivity index (χ2v) is 8.10. The third-order valence-corrected chi connectivity index (χ3v) is 5.84. The van der Waals surface area contributed by atoms with E-state index in [1.165, 1.54) is 30.4 Å². The van der Waals surface area contributed by atoms with Crippen LogP contribution >= 0.6 is 11.6 Å². The van der Waals surface area contributed by atoms with Gasteiger partial charge in [0.05, 0.1) is 0 Å². The lowest BCUT2D eigenvalue weighted by Gasteiger charge is -2.33. The van der Waals surface area contributed by atoms with Crippen molar-refractivity contribution in [2.24, 2.45) is 0 Å². The molecule has 4 heteroatoms. The molecule has 0 bridgehead atoms. The van der Waals surface area contributed by atoms with E-state index >= 15 is 0 Å². The molecule has 1 atom stereocenters. The Hall–Kier alpha value is -1.84. The Morgan fingerprint density at radius 2 is 1.89 bits per heavy atom. The predicted octanol–water partition coefficient (Wildman–Crippen LogP) is 5.67. The van der Waals surface area contributed by atoms with Crippen molar-refractivity contribution < 1.29 is 4.79 Å². The average Bonchev–Trinajstić information content (AvgIpc) is 2.67. The SMILES string of the molecule is CC(=O)Nc1cccc(C2CCN(CCC(C)c3ccc(Cl)cc3)CC2)c1. The lowest BCUT2D eigenvalue weighted by Crippen LogP contribution is -2.34. The summed E-state index contributed by atoms with van der Waals surface area (Å²) in [4.78, 5) is 13.8. The fourth-order valence-electron chi connectivity index (χ4n) is 3.90. The smallest absolute Gasteiger partial charge is 0.221 e. The van der Waals surface area contributed by atoms with Crippen LogP contribution in [-0.4, -0.2) is 30.4 Å². The monoisotopic (exact) mass is 384 g/mol. The summed E-state index contributed by atoms with van der Waals surface area (Å²) in [6.45, 7) is 7.27. The average molecular weight is 385 g/mol. The molecule has 1 unspecified atom stereocenters. The highest BCUT2D eigenvalue weighted by atomic mass is 35.5. The van der Waals surface area contributed by atoms with E-state index in [1.54, 1.807) is 6.92 Å². The Morgan fingerprint density at radius 1 is 1.19 bits per heavy atom. The van der Waals surface area contributed by atoms with E-state index in [-0.39, 0.29) is 5.91 Å². The van der Waals surface area contributed by atoms with Gasteiger partial charge in [-0.15, -0.1) is 0 Å². The van der Waals surface area contributed by atoms with Crippen molar-refractivity contribution in [3.05, 3.63) is 64.7 Å². The van der Waals surface area contributed by atoms with Crippen LogP contribution in [0, 0.1) is 0 Å². The molecule has 27 heavy (non-hydrogen) atoms. The fourth-order valence-corrected chi connectivity index (χ4v) is 4.02. The molecule has 0 saturated carbocycles. The zero-order valence-corrected chi connectivity index (χ0v) is 17.0. The summed E-state index contributed by atoms with van der Waals surface area (Å²) in [7, 11) is 0. The van der Waals surface area contributed by atoms with Crippen LogP contribution in [-0.2, 0) is 4.79 Å². The standard InChI is InChI=1S/C23H29ClN2O/c1-17(19-6-8-22(24)9-7-19)10-13-26-14-11-20(12-15-26)21-4-3-5-23(16-21)25-18(2)27/h3-9,16-17,20H,10-15H2,1-2H3,(H,25,27). The van der Waals surface area contributed by atoms with E-state index in [9.17, 15) is 4.79 Å². The first-order valence-corrected chi connectivity index (χ1v) is 10.2. The molecule has 0 spiro atoms. The molecule has 1 heterocycles. The van der Waals surface area contributed by atoms with Gasteiger partial charge in [0.1, 0.15) is 0 Å². The van der Waals surface area contributed by atoms with Crippen molar-refractivity contribution >= 4 is 23.2 Å². The number of halogens is 1. The van der Waals surface area contributed by atoms with Crippen LogP contribution in [0.25, 0.3) is 0 Å². The number of hydrogen-bond donors (Lipinski definition) is 1. The number of benzene rings is 2. The number of amides is 1. The van der Waals surface area contributed by atoms with Crippen molar-refractivity contribution in [1.29, 1.82) is 0 Å². The molecule has 144 valence electrons. The minimum atomic E-state index is -0.0169. The number of hydrogen-bond acceptors (Lipinski definition) is 2. The van der Waals surface area contributed by atoms with Gasteiger partial charge in [0.2, 0.25) is 5.91 Å². The zero-order chi connectivity index (χ0) is 19.2. The molecule has 1 saturated heterocycles. The van der Waals surface area contributed by atoms with E-state index < -0.39 is 0 Å². The number of anilines is 1. The van der Waals surface area contributed by atoms with E-state index in [2.05, 4.69) is 41.4 Å². The van der Waals surface area contributed by atoms with Crippen molar-refractivity contribution in [2.75, 3.05) is 25.0 Å². The molecule has 1 N–H and O–H groups in total. The Labute approximate surface area is 167 Å². The van der Waals surface area contributed by atoms with Crippen LogP contribution in [0.5, 0.6) is 0 Å². The first-order valence-electron chi connectivity index (χ1n) is 9.86. The number of rotatable bonds is 6. The van der Waals surface area contributed by atoms with Gasteiger partial charge >= 0.3 is 0 Å². The second kappa shape index (κ2) is 9.38. The summed E-state index contributed by atoms with van der Waals surface area (Å²) >= 11 is 5.98. The normalized spacial score (nSPS) is 16.9. The summed E-state index contributed by atoms with van der Waals surface area (Å²) in [6.07, 6.45) is 3.53. The van der Waals surface area contributed by atoms with Gasteiger partial charge in [-0.2, -0.15) is 0 Å². The molecule has 1 aliphatic rings. The maximum absolute atomic E-state index is 11.3. The third-order valence-electron chi connectivity index (χ3n) is 5.58. The number of likely N-dealkylation sites (tertiary alicyclic amines) is 1. The van der Waals surface area contributed by atoms with Gasteiger partial charge in [0, 0.05) is 17.6 Å². The van der Waals surface area contributed by atoms with E-state index in [1.807, 2.05) is 24.3 Å². The first-order chi connectivity index (χ1) is 13.0. The predicted molar refractivity (Wildman–Crippen MR) is 114 cm³/mol. The van der Waals surface area contributed by atoms with Crippen LogP contribution in [0.2, 0.25) is 5.02 Å². The summed E-state index contributed by atoms with van der Waals surface area (Å²) in [6, 6.07) is 16.6. The Bertz CT molecular complexity index is 751. The van der Waals surface area contributed by atoms with E-state index in [0.717, 1.165) is 30.3 Å². The molecule has 3 nitrogen and oxygen atoms in total. The van der Waals surface area contributed by atoms with Gasteiger partial charge in [0.25, 0.3) is 0 Å². The lowest BCUT2D eigenvalue weighted by molar-refractivity contribution is -0.114. The van der Waals surface area contributed by atoms with Gasteiger partial charge < -0.3 is 10.2 Å². The topological polar surface area (TPSA) is 32.3 Å². The molecule has 2 aromatic carbocycles. The fraction of sp³-hybridized carbons (Fsp3) is 0.435. The molecule has 0 aromatic heterocycles. The van der Waals surface area contributed by atoms with Crippen molar-refractivity contribution in [1.82, 2.24) is 4.90 Å². The third kappa shape index (κ3) is 5.82. The minimum absolute atomic E-state index is 0.0169. The summed E-state index contributed by atoms with van der Waals surface area (Å²) in [5, 5.41) is 3.69. The zero-order valence-electron chi connectivity index (χ0n) is 16.2. The molecule has 0 radical (unpaired) electrons. The molecular weight excluding hydrogens is 356 g/mol. The van der Waals surface area contributed by atoms with Gasteiger partial charge in [-0.25, -0.2) is 0 Å². The quantitative estimate of drug-likeness (QED) is 0.695. The van der Waals surface area contributed by atoms with Crippen LogP contribution in [0.3, 0.4) is 0 Å². The highest BCUT2D eigenvalue weighted by molar-refractivity contribution is 6.30. The largest absolute Gasteiger partial charge is 0.326 e. The van der Waals surface area contributed by atoms with Gasteiger partial charge in [-0.1, -0.05) is 42.8 Å². The Morgan fingerprint density at radius 3 is 2.56 bits per heavy atom. The van der Waals surface area contributed by atoms with E-state index in [0.29, 0.717) is 11.8 Å².